The van der Waals surface area contributed by atoms with E-state index in [9.17, 15) is 4.79 Å². The normalized spacial score (nSPS) is 27.1. The maximum absolute atomic E-state index is 12.5. The number of hydrogen-bond acceptors (Lipinski definition) is 2. The molecule has 2 aliphatic carbocycles. The van der Waals surface area contributed by atoms with E-state index in [4.69, 9.17) is 5.73 Å². The SMILES string of the molecule is CC(C)CCN(C(=O)C1CCC(N)C1)C1CC1.Cl. The maximum atomic E-state index is 12.5. The summed E-state index contributed by atoms with van der Waals surface area (Å²) < 4.78 is 0. The number of hydrogen-bond donors (Lipinski definition) is 1. The van der Waals surface area contributed by atoms with Gasteiger partial charge < -0.3 is 10.6 Å². The standard InChI is InChI=1S/C14H26N2O.ClH/c1-10(2)7-8-16(13-5-6-13)14(17)11-3-4-12(15)9-11;/h10-13H,3-9,15H2,1-2H3;1H. The Labute approximate surface area is 117 Å². The molecule has 0 spiro atoms. The van der Waals surface area contributed by atoms with Crippen molar-refractivity contribution < 1.29 is 4.79 Å². The minimum absolute atomic E-state index is 0. The molecule has 3 nitrogen and oxygen atoms in total. The van der Waals surface area contributed by atoms with Gasteiger partial charge in [-0.25, -0.2) is 0 Å². The average Bonchev–Trinajstić information content (AvgIpc) is 3.00. The molecule has 0 radical (unpaired) electrons. The fourth-order valence-electron chi connectivity index (χ4n) is 2.73. The van der Waals surface area contributed by atoms with Crippen molar-refractivity contribution in [1.29, 1.82) is 0 Å². The fraction of sp³-hybridized carbons (Fsp3) is 0.929. The van der Waals surface area contributed by atoms with Crippen molar-refractivity contribution in [2.24, 2.45) is 17.6 Å². The molecule has 0 heterocycles. The summed E-state index contributed by atoms with van der Waals surface area (Å²) in [6, 6.07) is 0.813. The van der Waals surface area contributed by atoms with Gasteiger partial charge in [-0.3, -0.25) is 4.79 Å². The minimum Gasteiger partial charge on any atom is -0.339 e. The number of carbonyl (C=O) groups excluding carboxylic acids is 1. The predicted molar refractivity (Wildman–Crippen MR) is 76.8 cm³/mol. The van der Waals surface area contributed by atoms with Gasteiger partial charge in [-0.15, -0.1) is 12.4 Å². The largest absolute Gasteiger partial charge is 0.339 e. The van der Waals surface area contributed by atoms with Crippen LogP contribution in [0.15, 0.2) is 0 Å². The molecule has 0 aromatic carbocycles. The second kappa shape index (κ2) is 6.76. The zero-order valence-corrected chi connectivity index (χ0v) is 12.4. The number of carbonyl (C=O) groups is 1. The summed E-state index contributed by atoms with van der Waals surface area (Å²) in [5.41, 5.74) is 5.91. The lowest BCUT2D eigenvalue weighted by atomic mass is 10.0. The first-order chi connectivity index (χ1) is 8.08. The van der Waals surface area contributed by atoms with Crippen LogP contribution in [0.5, 0.6) is 0 Å². The van der Waals surface area contributed by atoms with Gasteiger partial charge in [0.15, 0.2) is 0 Å². The molecule has 1 amide bonds. The first kappa shape index (κ1) is 15.8. The average molecular weight is 275 g/mol. The highest BCUT2D eigenvalue weighted by Gasteiger charge is 2.37. The third kappa shape index (κ3) is 4.13. The summed E-state index contributed by atoms with van der Waals surface area (Å²) in [5.74, 6) is 1.29. The van der Waals surface area contributed by atoms with Gasteiger partial charge in [-0.05, 0) is 44.4 Å². The van der Waals surface area contributed by atoms with Crippen LogP contribution < -0.4 is 5.73 Å². The van der Waals surface area contributed by atoms with E-state index >= 15 is 0 Å². The van der Waals surface area contributed by atoms with Gasteiger partial charge >= 0.3 is 0 Å². The van der Waals surface area contributed by atoms with E-state index in [1.165, 1.54) is 12.8 Å². The first-order valence-electron chi connectivity index (χ1n) is 7.14. The lowest BCUT2D eigenvalue weighted by molar-refractivity contribution is -0.136. The zero-order valence-electron chi connectivity index (χ0n) is 11.6. The van der Waals surface area contributed by atoms with Crippen LogP contribution in [0.2, 0.25) is 0 Å². The third-order valence-corrected chi connectivity index (χ3v) is 4.04. The molecule has 2 fully saturated rings. The Kier molecular flexibility index (Phi) is 5.93. The fourth-order valence-corrected chi connectivity index (χ4v) is 2.73. The quantitative estimate of drug-likeness (QED) is 0.838. The number of rotatable bonds is 5. The Morgan fingerprint density at radius 2 is 1.94 bits per heavy atom. The van der Waals surface area contributed by atoms with Crippen LogP contribution in [0.1, 0.15) is 52.4 Å². The van der Waals surface area contributed by atoms with Crippen molar-refractivity contribution in [3.05, 3.63) is 0 Å². The summed E-state index contributed by atoms with van der Waals surface area (Å²) in [6.45, 7) is 5.40. The van der Waals surface area contributed by atoms with Crippen molar-refractivity contribution in [2.75, 3.05) is 6.54 Å². The third-order valence-electron chi connectivity index (χ3n) is 4.04. The molecule has 2 saturated carbocycles. The minimum atomic E-state index is 0. The Balaban J connectivity index is 0.00000162. The highest BCUT2D eigenvalue weighted by molar-refractivity contribution is 5.85. The Bertz CT molecular complexity index is 279. The molecule has 2 aliphatic rings. The van der Waals surface area contributed by atoms with E-state index in [0.717, 1.165) is 32.2 Å². The Morgan fingerprint density at radius 1 is 1.28 bits per heavy atom. The summed E-state index contributed by atoms with van der Waals surface area (Å²) >= 11 is 0. The number of nitrogens with two attached hydrogens (primary N) is 1. The molecule has 2 atom stereocenters. The van der Waals surface area contributed by atoms with E-state index in [1.807, 2.05) is 0 Å². The van der Waals surface area contributed by atoms with Gasteiger partial charge in [-0.1, -0.05) is 13.8 Å². The Morgan fingerprint density at radius 3 is 2.39 bits per heavy atom. The molecular formula is C14H27ClN2O. The van der Waals surface area contributed by atoms with E-state index in [2.05, 4.69) is 18.7 Å². The molecule has 18 heavy (non-hydrogen) atoms. The summed E-state index contributed by atoms with van der Waals surface area (Å²) in [4.78, 5) is 14.6. The number of halogens is 1. The van der Waals surface area contributed by atoms with Gasteiger partial charge in [0.1, 0.15) is 0 Å². The molecule has 2 unspecified atom stereocenters. The van der Waals surface area contributed by atoms with E-state index in [1.54, 1.807) is 0 Å². The monoisotopic (exact) mass is 274 g/mol. The predicted octanol–water partition coefficient (Wildman–Crippen LogP) is 2.57. The van der Waals surface area contributed by atoms with Gasteiger partial charge in [0.25, 0.3) is 0 Å². The molecule has 2 rings (SSSR count). The molecular weight excluding hydrogens is 248 g/mol. The van der Waals surface area contributed by atoms with Gasteiger partial charge in [0.05, 0.1) is 0 Å². The van der Waals surface area contributed by atoms with Crippen LogP contribution in [0.4, 0.5) is 0 Å². The Hall–Kier alpha value is -0.280. The van der Waals surface area contributed by atoms with Crippen molar-refractivity contribution in [3.63, 3.8) is 0 Å². The number of nitrogens with zero attached hydrogens (tertiary/aromatic N) is 1. The van der Waals surface area contributed by atoms with E-state index < -0.39 is 0 Å². The van der Waals surface area contributed by atoms with Crippen molar-refractivity contribution in [3.8, 4) is 0 Å². The van der Waals surface area contributed by atoms with Crippen molar-refractivity contribution in [1.82, 2.24) is 4.90 Å². The molecule has 0 aromatic rings. The second-order valence-electron chi connectivity index (χ2n) is 6.22. The van der Waals surface area contributed by atoms with Crippen molar-refractivity contribution >= 4 is 18.3 Å². The topological polar surface area (TPSA) is 46.3 Å². The van der Waals surface area contributed by atoms with Crippen LogP contribution in [0.3, 0.4) is 0 Å². The van der Waals surface area contributed by atoms with Gasteiger partial charge in [-0.2, -0.15) is 0 Å². The van der Waals surface area contributed by atoms with Crippen LogP contribution in [0.25, 0.3) is 0 Å². The van der Waals surface area contributed by atoms with Gasteiger partial charge in [0, 0.05) is 24.5 Å². The highest BCUT2D eigenvalue weighted by Crippen LogP contribution is 2.32. The molecule has 0 saturated heterocycles. The molecule has 2 N–H and O–H groups in total. The summed E-state index contributed by atoms with van der Waals surface area (Å²) in [7, 11) is 0. The van der Waals surface area contributed by atoms with Crippen molar-refractivity contribution in [2.45, 2.75) is 64.5 Å². The van der Waals surface area contributed by atoms with E-state index in [0.29, 0.717) is 17.9 Å². The molecule has 0 bridgehead atoms. The molecule has 0 aliphatic heterocycles. The molecule has 106 valence electrons. The zero-order chi connectivity index (χ0) is 12.4. The van der Waals surface area contributed by atoms with Crippen LogP contribution in [-0.4, -0.2) is 29.4 Å². The smallest absolute Gasteiger partial charge is 0.225 e. The lowest BCUT2D eigenvalue weighted by Gasteiger charge is -2.26. The van der Waals surface area contributed by atoms with Gasteiger partial charge in [0.2, 0.25) is 5.91 Å². The molecule has 0 aromatic heterocycles. The van der Waals surface area contributed by atoms with Crippen LogP contribution in [-0.2, 0) is 4.79 Å². The van der Waals surface area contributed by atoms with Crippen LogP contribution in [0, 0.1) is 11.8 Å². The van der Waals surface area contributed by atoms with E-state index in [-0.39, 0.29) is 24.4 Å². The first-order valence-corrected chi connectivity index (χ1v) is 7.14. The lowest BCUT2D eigenvalue weighted by Crippen LogP contribution is -2.38. The summed E-state index contributed by atoms with van der Waals surface area (Å²) in [5, 5.41) is 0. The molecule has 4 heteroatoms. The number of amides is 1. The summed E-state index contributed by atoms with van der Waals surface area (Å²) in [6.07, 6.45) is 6.49. The highest BCUT2D eigenvalue weighted by atomic mass is 35.5. The second-order valence-corrected chi connectivity index (χ2v) is 6.22. The maximum Gasteiger partial charge on any atom is 0.225 e. The van der Waals surface area contributed by atoms with Crippen LogP contribution >= 0.6 is 12.4 Å².